The van der Waals surface area contributed by atoms with Crippen molar-refractivity contribution >= 4 is 20.4 Å². The van der Waals surface area contributed by atoms with Gasteiger partial charge < -0.3 is 0 Å². The fraction of sp³-hybridized carbons (Fsp3) is 0.111. The maximum absolute atomic E-state index is 11.5. The highest BCUT2D eigenvalue weighted by molar-refractivity contribution is 7.33. The van der Waals surface area contributed by atoms with Crippen molar-refractivity contribution < 1.29 is 13.6 Å². The van der Waals surface area contributed by atoms with Crippen molar-refractivity contribution in [3.8, 4) is 0 Å². The second kappa shape index (κ2) is 9.80. The third-order valence-corrected chi connectivity index (χ3v) is 3.49. The summed E-state index contributed by atoms with van der Waals surface area (Å²) in [5.74, 6) is 0. The van der Waals surface area contributed by atoms with Gasteiger partial charge in [-0.25, -0.2) is 0 Å². The molecule has 112 valence electrons. The summed E-state index contributed by atoms with van der Waals surface area (Å²) in [7, 11) is -2.09. The van der Waals surface area contributed by atoms with Gasteiger partial charge in [-0.05, 0) is 11.1 Å². The van der Waals surface area contributed by atoms with Crippen LogP contribution >= 0.6 is 8.25 Å². The second-order valence-electron chi connectivity index (χ2n) is 4.44. The highest BCUT2D eigenvalue weighted by Crippen LogP contribution is 2.23. The molecule has 0 fully saturated rings. The number of benzene rings is 2. The summed E-state index contributed by atoms with van der Waals surface area (Å²) in [6.45, 7) is 0.513. The van der Waals surface area contributed by atoms with Crippen LogP contribution in [0.25, 0.3) is 12.2 Å². The molecule has 3 nitrogen and oxygen atoms in total. The molecule has 22 heavy (non-hydrogen) atoms. The Kier molecular flexibility index (Phi) is 7.27. The van der Waals surface area contributed by atoms with Crippen molar-refractivity contribution in [2.45, 2.75) is 0 Å². The van der Waals surface area contributed by atoms with E-state index in [0.29, 0.717) is 0 Å². The molecule has 4 heteroatoms. The minimum atomic E-state index is -2.09. The molecule has 0 aliphatic carbocycles. The van der Waals surface area contributed by atoms with Gasteiger partial charge in [-0.1, -0.05) is 85.0 Å². The number of rotatable bonds is 8. The van der Waals surface area contributed by atoms with Crippen LogP contribution in [0, 0.1) is 0 Å². The van der Waals surface area contributed by atoms with Crippen LogP contribution in [-0.2, 0) is 13.6 Å². The smallest absolute Gasteiger partial charge is 0.115 e. The summed E-state index contributed by atoms with van der Waals surface area (Å²) in [5.41, 5.74) is 2.15. The number of hydrogen-bond acceptors (Lipinski definition) is 3. The average Bonchev–Trinajstić information content (AvgIpc) is 2.57. The van der Waals surface area contributed by atoms with E-state index in [1.54, 1.807) is 0 Å². The van der Waals surface area contributed by atoms with Crippen LogP contribution < -0.4 is 0 Å². The molecule has 0 saturated heterocycles. The molecule has 0 radical (unpaired) electrons. The minimum absolute atomic E-state index is 0.256. The first-order valence-corrected chi connectivity index (χ1v) is 8.10. The van der Waals surface area contributed by atoms with Gasteiger partial charge in [0.05, 0.1) is 0 Å². The maximum Gasteiger partial charge on any atom is 0.698 e. The Hall–Kier alpha value is -2.06. The molecule has 2 rings (SSSR count). The molecule has 0 saturated carbocycles. The van der Waals surface area contributed by atoms with Crippen molar-refractivity contribution in [2.75, 3.05) is 13.2 Å². The third-order valence-electron chi connectivity index (χ3n) is 2.77. The largest absolute Gasteiger partial charge is 0.698 e. The Morgan fingerprint density at radius 2 is 1.14 bits per heavy atom. The van der Waals surface area contributed by atoms with E-state index in [1.807, 2.05) is 85.0 Å². The predicted molar refractivity (Wildman–Crippen MR) is 90.5 cm³/mol. The van der Waals surface area contributed by atoms with Gasteiger partial charge in [0, 0.05) is 4.57 Å². The molecular weight excluding hydrogens is 295 g/mol. The number of hydrogen-bond donors (Lipinski definition) is 0. The Morgan fingerprint density at radius 1 is 0.727 bits per heavy atom. The van der Waals surface area contributed by atoms with Gasteiger partial charge >= 0.3 is 8.25 Å². The molecule has 0 bridgehead atoms. The summed E-state index contributed by atoms with van der Waals surface area (Å²) in [6.07, 6.45) is 7.45. The molecule has 0 aliphatic heterocycles. The lowest BCUT2D eigenvalue weighted by atomic mass is 10.2. The molecule has 0 aliphatic rings. The Labute approximate surface area is 131 Å². The maximum atomic E-state index is 11.5. The predicted octanol–water partition coefficient (Wildman–Crippen LogP) is 5.10. The lowest BCUT2D eigenvalue weighted by Crippen LogP contribution is -1.86. The third kappa shape index (κ3) is 6.59. The van der Waals surface area contributed by atoms with Crippen LogP contribution in [0.1, 0.15) is 11.1 Å². The molecule has 2 aromatic rings. The highest BCUT2D eigenvalue weighted by Gasteiger charge is 2.17. The zero-order chi connectivity index (χ0) is 15.5. The van der Waals surface area contributed by atoms with Gasteiger partial charge in [0.25, 0.3) is 0 Å². The van der Waals surface area contributed by atoms with E-state index in [0.717, 1.165) is 11.1 Å². The SMILES string of the molecule is O=[P+](OC/C=C/c1ccccc1)OC/C=C/c1ccccc1. The van der Waals surface area contributed by atoms with Crippen molar-refractivity contribution in [1.29, 1.82) is 0 Å². The fourth-order valence-corrected chi connectivity index (χ4v) is 2.23. The Bertz CT molecular complexity index is 566. The standard InChI is InChI=1S/C18H18O3P/c19-22(20-15-7-13-17-9-3-1-4-10-17)21-16-8-14-18-11-5-2-6-12-18/h1-14H,15-16H2/q+1/b13-7+,14-8+. The van der Waals surface area contributed by atoms with Crippen LogP contribution in [-0.4, -0.2) is 13.2 Å². The average molecular weight is 313 g/mol. The van der Waals surface area contributed by atoms with E-state index in [1.165, 1.54) is 0 Å². The topological polar surface area (TPSA) is 35.5 Å². The first kappa shape index (κ1) is 16.3. The van der Waals surface area contributed by atoms with Gasteiger partial charge in [0.2, 0.25) is 0 Å². The van der Waals surface area contributed by atoms with Gasteiger partial charge in [-0.3, -0.25) is 0 Å². The van der Waals surface area contributed by atoms with Gasteiger partial charge in [0.15, 0.2) is 0 Å². The molecule has 0 unspecified atom stereocenters. The quantitative estimate of drug-likeness (QED) is 0.636. The van der Waals surface area contributed by atoms with Crippen molar-refractivity contribution in [1.82, 2.24) is 0 Å². The molecule has 0 heterocycles. The second-order valence-corrected chi connectivity index (χ2v) is 5.40. The van der Waals surface area contributed by atoms with Crippen LogP contribution in [0.2, 0.25) is 0 Å². The van der Waals surface area contributed by atoms with Crippen LogP contribution in [0.4, 0.5) is 0 Å². The normalized spacial score (nSPS) is 11.3. The van der Waals surface area contributed by atoms with Crippen LogP contribution in [0.5, 0.6) is 0 Å². The first-order chi connectivity index (χ1) is 10.8. The van der Waals surface area contributed by atoms with Gasteiger partial charge in [-0.15, -0.1) is 9.05 Å². The molecule has 2 aromatic carbocycles. The van der Waals surface area contributed by atoms with E-state index < -0.39 is 8.25 Å². The van der Waals surface area contributed by atoms with E-state index in [-0.39, 0.29) is 13.2 Å². The lowest BCUT2D eigenvalue weighted by molar-refractivity contribution is 0.261. The Morgan fingerprint density at radius 3 is 1.55 bits per heavy atom. The van der Waals surface area contributed by atoms with E-state index >= 15 is 0 Å². The Balaban J connectivity index is 1.62. The van der Waals surface area contributed by atoms with E-state index in [4.69, 9.17) is 9.05 Å². The fourth-order valence-electron chi connectivity index (χ4n) is 1.74. The van der Waals surface area contributed by atoms with E-state index in [2.05, 4.69) is 0 Å². The zero-order valence-corrected chi connectivity index (χ0v) is 13.1. The first-order valence-electron chi connectivity index (χ1n) is 7.01. The van der Waals surface area contributed by atoms with Crippen LogP contribution in [0.3, 0.4) is 0 Å². The summed E-state index contributed by atoms with van der Waals surface area (Å²) in [5, 5.41) is 0. The molecular formula is C18H18O3P+. The molecule has 0 aromatic heterocycles. The van der Waals surface area contributed by atoms with Crippen molar-refractivity contribution in [3.05, 3.63) is 83.9 Å². The van der Waals surface area contributed by atoms with Crippen molar-refractivity contribution in [2.24, 2.45) is 0 Å². The molecule has 0 spiro atoms. The van der Waals surface area contributed by atoms with Gasteiger partial charge in [-0.2, -0.15) is 0 Å². The monoisotopic (exact) mass is 313 g/mol. The van der Waals surface area contributed by atoms with Crippen LogP contribution in [0.15, 0.2) is 72.8 Å². The molecule has 0 atom stereocenters. The summed E-state index contributed by atoms with van der Waals surface area (Å²) >= 11 is 0. The highest BCUT2D eigenvalue weighted by atomic mass is 31.1. The van der Waals surface area contributed by atoms with E-state index in [9.17, 15) is 4.57 Å². The summed E-state index contributed by atoms with van der Waals surface area (Å²) in [4.78, 5) is 0. The van der Waals surface area contributed by atoms with Gasteiger partial charge in [0.1, 0.15) is 13.2 Å². The van der Waals surface area contributed by atoms with Crippen molar-refractivity contribution in [3.63, 3.8) is 0 Å². The zero-order valence-electron chi connectivity index (χ0n) is 12.2. The lowest BCUT2D eigenvalue weighted by Gasteiger charge is -1.90. The summed E-state index contributed by atoms with van der Waals surface area (Å²) < 4.78 is 21.7. The molecule has 0 amide bonds. The summed E-state index contributed by atoms with van der Waals surface area (Å²) in [6, 6.07) is 19.7. The molecule has 0 N–H and O–H groups in total. The minimum Gasteiger partial charge on any atom is -0.115 e.